The second kappa shape index (κ2) is 6.03. The molecule has 0 aliphatic heterocycles. The van der Waals surface area contributed by atoms with Gasteiger partial charge in [0.1, 0.15) is 15.7 Å². The number of aromatic amines is 1. The molecule has 0 amide bonds. The number of aliphatic hydroxyl groups is 1. The molecule has 19 heavy (non-hydrogen) atoms. The molecule has 0 saturated heterocycles. The molecule has 1 atom stereocenters. The zero-order valence-corrected chi connectivity index (χ0v) is 10.3. The van der Waals surface area contributed by atoms with Crippen molar-refractivity contribution in [3.05, 3.63) is 32.6 Å². The molecule has 0 aliphatic carbocycles. The summed E-state index contributed by atoms with van der Waals surface area (Å²) in [6.45, 7) is 0.0612. The van der Waals surface area contributed by atoms with Crippen molar-refractivity contribution in [1.82, 2.24) is 9.55 Å². The van der Waals surface area contributed by atoms with E-state index in [9.17, 15) is 19.5 Å². The predicted molar refractivity (Wildman–Crippen MR) is 68.6 cm³/mol. The number of hydrogen-bond donors (Lipinski definition) is 2. The van der Waals surface area contributed by atoms with Gasteiger partial charge in [0.25, 0.3) is 5.56 Å². The molecule has 1 aromatic rings. The van der Waals surface area contributed by atoms with Gasteiger partial charge in [0, 0.05) is 25.3 Å². The molecular formula is C10H12B2N2O5. The first-order chi connectivity index (χ1) is 8.79. The number of methoxy groups -OCH3 is 1. The molecule has 0 fully saturated rings. The fraction of sp³-hybridized carbons (Fsp3) is 0.500. The average Bonchev–Trinajstić information content (AvgIpc) is 2.30. The normalized spacial score (nSPS) is 13.2. The molecule has 9 heteroatoms. The van der Waals surface area contributed by atoms with E-state index in [1.54, 1.807) is 0 Å². The molecule has 7 nitrogen and oxygen atoms in total. The number of aldehydes is 1. The smallest absolute Gasteiger partial charge is 0.328 e. The molecule has 1 unspecified atom stereocenters. The highest BCUT2D eigenvalue weighted by molar-refractivity contribution is 6.39. The Morgan fingerprint density at radius 3 is 2.68 bits per heavy atom. The van der Waals surface area contributed by atoms with Crippen LogP contribution in [0.15, 0.2) is 15.8 Å². The summed E-state index contributed by atoms with van der Waals surface area (Å²) >= 11 is 0. The topological polar surface area (TPSA) is 101 Å². The Bertz CT molecular complexity index is 560. The fourth-order valence-corrected chi connectivity index (χ4v) is 1.57. The number of carbonyl (C=O) groups is 1. The van der Waals surface area contributed by atoms with Crippen molar-refractivity contribution in [3.63, 3.8) is 0 Å². The van der Waals surface area contributed by atoms with Crippen LogP contribution in [0.3, 0.4) is 0 Å². The maximum atomic E-state index is 11.5. The molecular weight excluding hydrogens is 250 g/mol. The van der Waals surface area contributed by atoms with Crippen molar-refractivity contribution in [3.8, 4) is 0 Å². The first-order valence-corrected chi connectivity index (χ1v) is 5.41. The summed E-state index contributed by atoms with van der Waals surface area (Å²) in [6, 6.07) is 0. The van der Waals surface area contributed by atoms with Crippen molar-refractivity contribution in [2.24, 2.45) is 0 Å². The Balaban J connectivity index is 2.92. The Kier molecular flexibility index (Phi) is 4.90. The minimum absolute atomic E-state index is 0.0612. The van der Waals surface area contributed by atoms with Crippen LogP contribution in [-0.4, -0.2) is 55.2 Å². The SMILES string of the molecule is [B]C([B])(O)C(CCn1cc(C=O)c(=O)[nH]c1=O)OC. The third kappa shape index (κ3) is 3.93. The van der Waals surface area contributed by atoms with Crippen LogP contribution in [0.5, 0.6) is 0 Å². The summed E-state index contributed by atoms with van der Waals surface area (Å²) < 4.78 is 6.00. The van der Waals surface area contributed by atoms with Gasteiger partial charge in [-0.15, -0.1) is 0 Å². The lowest BCUT2D eigenvalue weighted by atomic mass is 9.61. The van der Waals surface area contributed by atoms with E-state index in [0.29, 0.717) is 6.29 Å². The molecule has 0 spiro atoms. The van der Waals surface area contributed by atoms with Gasteiger partial charge in [-0.25, -0.2) is 4.79 Å². The van der Waals surface area contributed by atoms with Gasteiger partial charge in [-0.3, -0.25) is 19.1 Å². The van der Waals surface area contributed by atoms with Crippen LogP contribution < -0.4 is 11.2 Å². The van der Waals surface area contributed by atoms with Gasteiger partial charge in [-0.2, -0.15) is 0 Å². The van der Waals surface area contributed by atoms with Gasteiger partial charge in [-0.1, -0.05) is 0 Å². The van der Waals surface area contributed by atoms with Crippen LogP contribution in [0.4, 0.5) is 0 Å². The number of aryl methyl sites for hydroxylation is 1. The standard InChI is InChI=1S/C10H12B2N2O5/c1-19-7(10(11,12)18)2-3-14-4-6(5-15)8(16)13-9(14)17/h4-5,7,18H,2-3H2,1H3,(H,13,16,17). The van der Waals surface area contributed by atoms with Crippen molar-refractivity contribution >= 4 is 22.0 Å². The van der Waals surface area contributed by atoms with E-state index in [4.69, 9.17) is 20.4 Å². The number of ether oxygens (including phenoxy) is 1. The summed E-state index contributed by atoms with van der Waals surface area (Å²) in [4.78, 5) is 35.3. The molecule has 2 N–H and O–H groups in total. The van der Waals surface area contributed by atoms with Crippen molar-refractivity contribution < 1.29 is 14.6 Å². The minimum atomic E-state index is -2.05. The zero-order chi connectivity index (χ0) is 14.6. The highest BCUT2D eigenvalue weighted by Gasteiger charge is 2.25. The highest BCUT2D eigenvalue weighted by Crippen LogP contribution is 2.10. The largest absolute Gasteiger partial charge is 0.407 e. The number of hydrogen-bond acceptors (Lipinski definition) is 5. The fourth-order valence-electron chi connectivity index (χ4n) is 1.57. The van der Waals surface area contributed by atoms with E-state index in [1.807, 2.05) is 4.98 Å². The number of carbonyl (C=O) groups excluding carboxylic acids is 1. The summed E-state index contributed by atoms with van der Waals surface area (Å²) in [5.74, 6) is 0. The number of nitrogens with zero attached hydrogens (tertiary/aromatic N) is 1. The minimum Gasteiger partial charge on any atom is -0.407 e. The lowest BCUT2D eigenvalue weighted by molar-refractivity contribution is -0.00196. The average molecular weight is 262 g/mol. The van der Waals surface area contributed by atoms with Gasteiger partial charge >= 0.3 is 5.69 Å². The molecule has 0 aliphatic rings. The molecule has 98 valence electrons. The molecule has 1 aromatic heterocycles. The van der Waals surface area contributed by atoms with Crippen molar-refractivity contribution in [2.45, 2.75) is 24.5 Å². The molecule has 0 aromatic carbocycles. The Labute approximate surface area is 111 Å². The van der Waals surface area contributed by atoms with Crippen LogP contribution >= 0.6 is 0 Å². The second-order valence-corrected chi connectivity index (χ2v) is 4.06. The Morgan fingerprint density at radius 2 is 2.21 bits per heavy atom. The lowest BCUT2D eigenvalue weighted by Crippen LogP contribution is -2.45. The van der Waals surface area contributed by atoms with Crippen LogP contribution in [-0.2, 0) is 11.3 Å². The predicted octanol–water partition coefficient (Wildman–Crippen LogP) is -2.26. The maximum absolute atomic E-state index is 11.5. The van der Waals surface area contributed by atoms with E-state index >= 15 is 0 Å². The first-order valence-electron chi connectivity index (χ1n) is 5.41. The summed E-state index contributed by atoms with van der Waals surface area (Å²) in [5.41, 5.74) is -1.61. The Hall–Kier alpha value is -1.60. The number of rotatable bonds is 6. The number of H-pyrrole nitrogens is 1. The third-order valence-corrected chi connectivity index (χ3v) is 2.60. The molecule has 4 radical (unpaired) electrons. The van der Waals surface area contributed by atoms with Crippen LogP contribution in [0.1, 0.15) is 16.8 Å². The monoisotopic (exact) mass is 262 g/mol. The highest BCUT2D eigenvalue weighted by atomic mass is 16.5. The maximum Gasteiger partial charge on any atom is 0.328 e. The summed E-state index contributed by atoms with van der Waals surface area (Å²) in [6.07, 6.45) is 0.660. The molecule has 1 heterocycles. The van der Waals surface area contributed by atoms with E-state index < -0.39 is 22.8 Å². The van der Waals surface area contributed by atoms with Crippen molar-refractivity contribution in [2.75, 3.05) is 7.11 Å². The lowest BCUT2D eigenvalue weighted by Gasteiger charge is -2.29. The Morgan fingerprint density at radius 1 is 1.58 bits per heavy atom. The summed E-state index contributed by atoms with van der Waals surface area (Å²) in [7, 11) is 11.9. The number of aromatic nitrogens is 2. The van der Waals surface area contributed by atoms with Crippen LogP contribution in [0, 0.1) is 0 Å². The van der Waals surface area contributed by atoms with Crippen molar-refractivity contribution in [1.29, 1.82) is 0 Å². The van der Waals surface area contributed by atoms with Gasteiger partial charge in [-0.05, 0) is 6.42 Å². The van der Waals surface area contributed by atoms with Crippen LogP contribution in [0.2, 0.25) is 0 Å². The van der Waals surface area contributed by atoms with Gasteiger partial charge in [0.05, 0.1) is 11.7 Å². The first kappa shape index (κ1) is 15.5. The van der Waals surface area contributed by atoms with E-state index in [-0.39, 0.29) is 18.5 Å². The van der Waals surface area contributed by atoms with Crippen LogP contribution in [0.25, 0.3) is 0 Å². The summed E-state index contributed by atoms with van der Waals surface area (Å²) in [5, 5.41) is 7.35. The quantitative estimate of drug-likeness (QED) is 0.445. The molecule has 1 rings (SSSR count). The van der Waals surface area contributed by atoms with Gasteiger partial charge in [0.2, 0.25) is 0 Å². The zero-order valence-electron chi connectivity index (χ0n) is 10.3. The molecule has 0 saturated carbocycles. The third-order valence-electron chi connectivity index (χ3n) is 2.60. The van der Waals surface area contributed by atoms with E-state index in [2.05, 4.69) is 0 Å². The second-order valence-electron chi connectivity index (χ2n) is 4.06. The van der Waals surface area contributed by atoms with E-state index in [1.165, 1.54) is 7.11 Å². The molecule has 0 bridgehead atoms. The van der Waals surface area contributed by atoms with E-state index in [0.717, 1.165) is 10.8 Å². The van der Waals surface area contributed by atoms with Gasteiger partial charge in [0.15, 0.2) is 6.29 Å². The number of nitrogens with one attached hydrogen (secondary N) is 1. The van der Waals surface area contributed by atoms with Gasteiger partial charge < -0.3 is 9.84 Å².